The summed E-state index contributed by atoms with van der Waals surface area (Å²) in [6.07, 6.45) is 8.11. The molecular weight excluding hydrogens is 430 g/mol. The number of aromatic amines is 1. The van der Waals surface area contributed by atoms with E-state index in [1.54, 1.807) is 0 Å². The van der Waals surface area contributed by atoms with Crippen molar-refractivity contribution in [2.24, 2.45) is 0 Å². The van der Waals surface area contributed by atoms with Gasteiger partial charge in [0.05, 0.1) is 21.7 Å². The SMILES string of the molecule is C#Cc1ccccc1CNCc1ccc(Cl)c(Nc2nc3ccc(N4CCCC4)cc3[nH]2)c1. The van der Waals surface area contributed by atoms with Gasteiger partial charge in [-0.15, -0.1) is 6.42 Å². The zero-order valence-corrected chi connectivity index (χ0v) is 19.1. The summed E-state index contributed by atoms with van der Waals surface area (Å²) < 4.78 is 0. The van der Waals surface area contributed by atoms with Crippen molar-refractivity contribution in [3.05, 3.63) is 82.4 Å². The summed E-state index contributed by atoms with van der Waals surface area (Å²) in [5, 5.41) is 7.46. The molecule has 6 heteroatoms. The van der Waals surface area contributed by atoms with Gasteiger partial charge in [0.2, 0.25) is 5.95 Å². The van der Waals surface area contributed by atoms with Gasteiger partial charge >= 0.3 is 0 Å². The summed E-state index contributed by atoms with van der Waals surface area (Å²) in [6.45, 7) is 3.64. The average Bonchev–Trinajstić information content (AvgIpc) is 3.51. The number of hydrogen-bond donors (Lipinski definition) is 3. The Morgan fingerprint density at radius 3 is 2.73 bits per heavy atom. The Hall–Kier alpha value is -3.46. The van der Waals surface area contributed by atoms with Gasteiger partial charge in [-0.1, -0.05) is 41.8 Å². The van der Waals surface area contributed by atoms with Crippen LogP contribution >= 0.6 is 11.6 Å². The maximum Gasteiger partial charge on any atom is 0.205 e. The molecule has 1 aliphatic heterocycles. The van der Waals surface area contributed by atoms with Crippen molar-refractivity contribution in [1.82, 2.24) is 15.3 Å². The standard InChI is InChI=1S/C27H26ClN5/c1-2-20-7-3-4-8-21(20)18-29-17-19-9-11-23(28)25(15-19)31-27-30-24-12-10-22(16-26(24)32-27)33-13-5-6-14-33/h1,3-4,7-12,15-16,29H,5-6,13-14,17-18H2,(H2,30,31,32). The van der Waals surface area contributed by atoms with E-state index in [9.17, 15) is 0 Å². The monoisotopic (exact) mass is 455 g/mol. The van der Waals surface area contributed by atoms with Gasteiger partial charge in [-0.3, -0.25) is 0 Å². The molecule has 0 saturated carbocycles. The van der Waals surface area contributed by atoms with E-state index < -0.39 is 0 Å². The summed E-state index contributed by atoms with van der Waals surface area (Å²) in [5.41, 5.74) is 7.16. The second-order valence-corrected chi connectivity index (χ2v) is 8.73. The third kappa shape index (κ3) is 4.83. The molecule has 166 valence electrons. The number of imidazole rings is 1. The molecule has 1 aromatic heterocycles. The Morgan fingerprint density at radius 2 is 1.88 bits per heavy atom. The first-order valence-electron chi connectivity index (χ1n) is 11.2. The molecular formula is C27H26ClN5. The van der Waals surface area contributed by atoms with E-state index in [1.807, 2.05) is 42.5 Å². The molecule has 0 spiro atoms. The number of nitrogens with one attached hydrogen (secondary N) is 3. The van der Waals surface area contributed by atoms with Gasteiger partial charge < -0.3 is 20.5 Å². The van der Waals surface area contributed by atoms with E-state index in [0.29, 0.717) is 24.1 Å². The molecule has 5 nitrogen and oxygen atoms in total. The van der Waals surface area contributed by atoms with Crippen LogP contribution in [0.3, 0.4) is 0 Å². The Bertz CT molecular complexity index is 1310. The molecule has 0 radical (unpaired) electrons. The number of halogens is 1. The Kier molecular flexibility index (Phi) is 6.21. The third-order valence-corrected chi connectivity index (χ3v) is 6.37. The highest BCUT2D eigenvalue weighted by molar-refractivity contribution is 6.33. The van der Waals surface area contributed by atoms with E-state index in [-0.39, 0.29) is 0 Å². The highest BCUT2D eigenvalue weighted by atomic mass is 35.5. The van der Waals surface area contributed by atoms with Gasteiger partial charge in [0, 0.05) is 37.4 Å². The van der Waals surface area contributed by atoms with Gasteiger partial charge in [0.1, 0.15) is 0 Å². The van der Waals surface area contributed by atoms with Gasteiger partial charge in [-0.25, -0.2) is 4.98 Å². The Balaban J connectivity index is 1.28. The number of terminal acetylenes is 1. The summed E-state index contributed by atoms with van der Waals surface area (Å²) in [5.74, 6) is 3.42. The molecule has 1 fully saturated rings. The molecule has 33 heavy (non-hydrogen) atoms. The quantitative estimate of drug-likeness (QED) is 0.307. The van der Waals surface area contributed by atoms with Gasteiger partial charge in [-0.2, -0.15) is 0 Å². The lowest BCUT2D eigenvalue weighted by atomic mass is 10.1. The molecule has 0 atom stereocenters. The topological polar surface area (TPSA) is 56.0 Å². The first-order chi connectivity index (χ1) is 16.2. The van der Waals surface area contributed by atoms with Crippen LogP contribution in [0.2, 0.25) is 5.02 Å². The summed E-state index contributed by atoms with van der Waals surface area (Å²) >= 11 is 6.47. The van der Waals surface area contributed by atoms with Crippen LogP contribution in [-0.4, -0.2) is 23.1 Å². The molecule has 0 unspecified atom stereocenters. The van der Waals surface area contributed by atoms with Crippen molar-refractivity contribution in [2.75, 3.05) is 23.3 Å². The number of fused-ring (bicyclic) bond motifs is 1. The number of anilines is 3. The maximum absolute atomic E-state index is 6.47. The summed E-state index contributed by atoms with van der Waals surface area (Å²) in [7, 11) is 0. The normalized spacial score (nSPS) is 13.4. The van der Waals surface area contributed by atoms with Crippen LogP contribution in [-0.2, 0) is 13.1 Å². The van der Waals surface area contributed by atoms with Gasteiger partial charge in [-0.05, 0) is 60.4 Å². The zero-order chi connectivity index (χ0) is 22.6. The first-order valence-corrected chi connectivity index (χ1v) is 11.6. The van der Waals surface area contributed by atoms with Crippen LogP contribution in [0, 0.1) is 12.3 Å². The van der Waals surface area contributed by atoms with Crippen molar-refractivity contribution in [3.63, 3.8) is 0 Å². The predicted molar refractivity (Wildman–Crippen MR) is 137 cm³/mol. The lowest BCUT2D eigenvalue weighted by Gasteiger charge is -2.17. The minimum absolute atomic E-state index is 0.648. The summed E-state index contributed by atoms with van der Waals surface area (Å²) in [6, 6.07) is 20.3. The van der Waals surface area contributed by atoms with E-state index in [1.165, 1.54) is 18.5 Å². The van der Waals surface area contributed by atoms with Crippen LogP contribution in [0.4, 0.5) is 17.3 Å². The molecule has 0 bridgehead atoms. The number of hydrogen-bond acceptors (Lipinski definition) is 4. The Labute approximate surface area is 199 Å². The number of nitrogens with zero attached hydrogens (tertiary/aromatic N) is 2. The zero-order valence-electron chi connectivity index (χ0n) is 18.4. The van der Waals surface area contributed by atoms with Crippen molar-refractivity contribution in [3.8, 4) is 12.3 Å². The fourth-order valence-corrected chi connectivity index (χ4v) is 4.46. The van der Waals surface area contributed by atoms with Gasteiger partial charge in [0.25, 0.3) is 0 Å². The summed E-state index contributed by atoms with van der Waals surface area (Å²) in [4.78, 5) is 10.5. The van der Waals surface area contributed by atoms with Crippen molar-refractivity contribution >= 4 is 40.0 Å². The van der Waals surface area contributed by atoms with E-state index >= 15 is 0 Å². The molecule has 5 rings (SSSR count). The molecule has 0 aliphatic carbocycles. The largest absolute Gasteiger partial charge is 0.371 e. The first kappa shape index (κ1) is 21.4. The van der Waals surface area contributed by atoms with Crippen LogP contribution < -0.4 is 15.5 Å². The average molecular weight is 456 g/mol. The van der Waals surface area contributed by atoms with E-state index in [0.717, 1.165) is 46.5 Å². The highest BCUT2D eigenvalue weighted by Gasteiger charge is 2.14. The fourth-order valence-electron chi connectivity index (χ4n) is 4.29. The van der Waals surface area contributed by atoms with Crippen LogP contribution in [0.5, 0.6) is 0 Å². The molecule has 3 N–H and O–H groups in total. The number of aromatic nitrogens is 2. The minimum atomic E-state index is 0.648. The number of H-pyrrole nitrogens is 1. The Morgan fingerprint density at radius 1 is 1.03 bits per heavy atom. The van der Waals surface area contributed by atoms with Gasteiger partial charge in [0.15, 0.2) is 0 Å². The maximum atomic E-state index is 6.47. The number of rotatable bonds is 7. The molecule has 1 aliphatic rings. The van der Waals surface area contributed by atoms with Crippen molar-refractivity contribution in [2.45, 2.75) is 25.9 Å². The molecule has 0 amide bonds. The van der Waals surface area contributed by atoms with E-state index in [4.69, 9.17) is 18.0 Å². The van der Waals surface area contributed by atoms with Crippen molar-refractivity contribution < 1.29 is 0 Å². The van der Waals surface area contributed by atoms with Crippen LogP contribution in [0.1, 0.15) is 29.5 Å². The fraction of sp³-hybridized carbons (Fsp3) is 0.222. The molecule has 2 heterocycles. The molecule has 1 saturated heterocycles. The lowest BCUT2D eigenvalue weighted by Crippen LogP contribution is -2.17. The highest BCUT2D eigenvalue weighted by Crippen LogP contribution is 2.29. The second kappa shape index (κ2) is 9.58. The second-order valence-electron chi connectivity index (χ2n) is 8.33. The molecule has 3 aromatic carbocycles. The van der Waals surface area contributed by atoms with Crippen LogP contribution in [0.15, 0.2) is 60.7 Å². The van der Waals surface area contributed by atoms with Crippen molar-refractivity contribution in [1.29, 1.82) is 0 Å². The van der Waals surface area contributed by atoms with Crippen LogP contribution in [0.25, 0.3) is 11.0 Å². The predicted octanol–water partition coefficient (Wildman–Crippen LogP) is 5.83. The molecule has 4 aromatic rings. The third-order valence-electron chi connectivity index (χ3n) is 6.04. The lowest BCUT2D eigenvalue weighted by molar-refractivity contribution is 0.692. The minimum Gasteiger partial charge on any atom is -0.371 e. The van der Waals surface area contributed by atoms with E-state index in [2.05, 4.69) is 49.6 Å². The number of benzene rings is 3. The smallest absolute Gasteiger partial charge is 0.205 e.